The fourth-order valence-corrected chi connectivity index (χ4v) is 1.72. The smallest absolute Gasteiger partial charge is 0.122 e. The highest BCUT2D eigenvalue weighted by Gasteiger charge is 2.42. The largest absolute Gasteiger partial charge is 0.348 e. The first kappa shape index (κ1) is 5.27. The van der Waals surface area contributed by atoms with Crippen LogP contribution in [0.5, 0.6) is 0 Å². The predicted molar refractivity (Wildman–Crippen MR) is 37.7 cm³/mol. The molecule has 0 bridgehead atoms. The summed E-state index contributed by atoms with van der Waals surface area (Å²) < 4.78 is 0. The average Bonchev–Trinajstić information content (AvgIpc) is 2.60. The molecule has 50 valence electrons. The fourth-order valence-electron chi connectivity index (χ4n) is 1.72. The summed E-state index contributed by atoms with van der Waals surface area (Å²) in [5.74, 6) is 1.35. The van der Waals surface area contributed by atoms with Gasteiger partial charge in [-0.05, 0) is 19.3 Å². The van der Waals surface area contributed by atoms with Crippen LogP contribution >= 0.6 is 0 Å². The van der Waals surface area contributed by atoms with E-state index in [1.165, 1.54) is 31.6 Å². The molecule has 2 aliphatic rings. The first-order valence-corrected chi connectivity index (χ1v) is 3.67. The number of hydrogen-bond acceptors (Lipinski definition) is 1. The number of piperidine rings is 1. The number of amidine groups is 1. The highest BCUT2D eigenvalue weighted by Crippen LogP contribution is 2.31. The standard InChI is InChI=1S/C7H12N2/c1-8-7-6-4-2-3-5-9(6)7/h6H,2-5H2,1H3/t6-,9?/m1/s1. The Morgan fingerprint density at radius 1 is 1.56 bits per heavy atom. The van der Waals surface area contributed by atoms with Gasteiger partial charge < -0.3 is 4.90 Å². The molecule has 0 aromatic carbocycles. The molecule has 2 fully saturated rings. The van der Waals surface area contributed by atoms with Crippen molar-refractivity contribution in [1.29, 1.82) is 0 Å². The maximum absolute atomic E-state index is 4.19. The summed E-state index contributed by atoms with van der Waals surface area (Å²) >= 11 is 0. The third-order valence-corrected chi connectivity index (χ3v) is 2.26. The molecular formula is C7H12N2. The summed E-state index contributed by atoms with van der Waals surface area (Å²) in [4.78, 5) is 6.59. The van der Waals surface area contributed by atoms with Gasteiger partial charge in [0.05, 0.1) is 6.04 Å². The van der Waals surface area contributed by atoms with Gasteiger partial charge in [0.25, 0.3) is 0 Å². The van der Waals surface area contributed by atoms with Crippen LogP contribution in [-0.2, 0) is 0 Å². The van der Waals surface area contributed by atoms with E-state index in [1.807, 2.05) is 7.05 Å². The summed E-state index contributed by atoms with van der Waals surface area (Å²) in [6.07, 6.45) is 4.13. The van der Waals surface area contributed by atoms with Crippen molar-refractivity contribution in [3.63, 3.8) is 0 Å². The Balaban J connectivity index is 2.06. The summed E-state index contributed by atoms with van der Waals surface area (Å²) in [7, 11) is 1.90. The SMILES string of the molecule is CN=C1[C@H]2CCCCN12. The Morgan fingerprint density at radius 2 is 2.44 bits per heavy atom. The number of aliphatic imine (C=N–C) groups is 1. The molecule has 0 aromatic heterocycles. The first-order chi connectivity index (χ1) is 4.43. The van der Waals surface area contributed by atoms with Crippen LogP contribution in [0.3, 0.4) is 0 Å². The van der Waals surface area contributed by atoms with E-state index in [4.69, 9.17) is 0 Å². The van der Waals surface area contributed by atoms with Gasteiger partial charge in [0, 0.05) is 13.6 Å². The zero-order chi connectivity index (χ0) is 6.27. The summed E-state index contributed by atoms with van der Waals surface area (Å²) in [6.45, 7) is 1.26. The topological polar surface area (TPSA) is 15.4 Å². The lowest BCUT2D eigenvalue weighted by atomic mass is 10.1. The highest BCUT2D eigenvalue weighted by atomic mass is 15.4. The van der Waals surface area contributed by atoms with Crippen molar-refractivity contribution in [1.82, 2.24) is 4.90 Å². The average molecular weight is 124 g/mol. The number of nitrogens with zero attached hydrogens (tertiary/aromatic N) is 2. The van der Waals surface area contributed by atoms with E-state index in [2.05, 4.69) is 9.89 Å². The van der Waals surface area contributed by atoms with Gasteiger partial charge >= 0.3 is 0 Å². The lowest BCUT2D eigenvalue weighted by Crippen LogP contribution is -2.09. The fraction of sp³-hybridized carbons (Fsp3) is 0.857. The minimum Gasteiger partial charge on any atom is -0.348 e. The summed E-state index contributed by atoms with van der Waals surface area (Å²) in [6, 6.07) is 0.767. The van der Waals surface area contributed by atoms with Crippen LogP contribution < -0.4 is 0 Å². The van der Waals surface area contributed by atoms with Gasteiger partial charge in [-0.3, -0.25) is 4.99 Å². The maximum atomic E-state index is 4.19. The van der Waals surface area contributed by atoms with E-state index in [0.29, 0.717) is 0 Å². The molecular weight excluding hydrogens is 112 g/mol. The minimum absolute atomic E-state index is 0.767. The Kier molecular flexibility index (Phi) is 1.01. The van der Waals surface area contributed by atoms with Crippen LogP contribution in [0.25, 0.3) is 0 Å². The zero-order valence-electron chi connectivity index (χ0n) is 5.80. The molecule has 2 nitrogen and oxygen atoms in total. The molecule has 0 amide bonds. The van der Waals surface area contributed by atoms with E-state index >= 15 is 0 Å². The van der Waals surface area contributed by atoms with Crippen molar-refractivity contribution in [3.05, 3.63) is 0 Å². The van der Waals surface area contributed by atoms with Gasteiger partial charge in [-0.2, -0.15) is 0 Å². The zero-order valence-corrected chi connectivity index (χ0v) is 5.80. The molecule has 2 heterocycles. The highest BCUT2D eigenvalue weighted by molar-refractivity contribution is 6.01. The summed E-state index contributed by atoms with van der Waals surface area (Å²) in [5.41, 5.74) is 0. The van der Waals surface area contributed by atoms with Crippen LogP contribution in [0.1, 0.15) is 19.3 Å². The van der Waals surface area contributed by atoms with Crippen molar-refractivity contribution < 1.29 is 0 Å². The number of hydrogen-bond donors (Lipinski definition) is 0. The second-order valence-electron chi connectivity index (χ2n) is 2.79. The molecule has 2 heteroatoms. The van der Waals surface area contributed by atoms with Gasteiger partial charge in [-0.15, -0.1) is 0 Å². The van der Waals surface area contributed by atoms with Gasteiger partial charge in [-0.1, -0.05) is 0 Å². The van der Waals surface area contributed by atoms with Crippen LogP contribution in [-0.4, -0.2) is 30.4 Å². The Morgan fingerprint density at radius 3 is 3.00 bits per heavy atom. The molecule has 0 saturated carbocycles. The molecule has 2 saturated heterocycles. The third kappa shape index (κ3) is 0.655. The Labute approximate surface area is 55.6 Å². The lowest BCUT2D eigenvalue weighted by Gasteiger charge is -2.07. The lowest BCUT2D eigenvalue weighted by molar-refractivity contribution is 0.420. The molecule has 0 aromatic rings. The molecule has 9 heavy (non-hydrogen) atoms. The molecule has 1 atom stereocenters. The normalized spacial score (nSPS) is 36.8. The van der Waals surface area contributed by atoms with Gasteiger partial charge in [0.2, 0.25) is 0 Å². The van der Waals surface area contributed by atoms with E-state index in [9.17, 15) is 0 Å². The molecule has 0 N–H and O–H groups in total. The molecule has 2 rings (SSSR count). The van der Waals surface area contributed by atoms with E-state index < -0.39 is 0 Å². The van der Waals surface area contributed by atoms with Crippen LogP contribution in [0, 0.1) is 0 Å². The van der Waals surface area contributed by atoms with Gasteiger partial charge in [0.1, 0.15) is 5.84 Å². The minimum atomic E-state index is 0.767. The van der Waals surface area contributed by atoms with Crippen LogP contribution in [0.4, 0.5) is 0 Å². The maximum Gasteiger partial charge on any atom is 0.122 e. The van der Waals surface area contributed by atoms with E-state index in [1.54, 1.807) is 0 Å². The molecule has 0 spiro atoms. The predicted octanol–water partition coefficient (Wildman–Crippen LogP) is 0.883. The molecule has 0 radical (unpaired) electrons. The number of fused-ring (bicyclic) bond motifs is 1. The number of rotatable bonds is 0. The van der Waals surface area contributed by atoms with Crippen LogP contribution in [0.15, 0.2) is 4.99 Å². The molecule has 2 aliphatic heterocycles. The molecule has 0 unspecified atom stereocenters. The van der Waals surface area contributed by atoms with E-state index in [0.717, 1.165) is 6.04 Å². The van der Waals surface area contributed by atoms with Crippen molar-refractivity contribution in [3.8, 4) is 0 Å². The quantitative estimate of drug-likeness (QED) is 0.438. The van der Waals surface area contributed by atoms with Crippen molar-refractivity contribution in [2.75, 3.05) is 13.6 Å². The summed E-state index contributed by atoms with van der Waals surface area (Å²) in [5, 5.41) is 0. The van der Waals surface area contributed by atoms with Crippen molar-refractivity contribution in [2.45, 2.75) is 25.3 Å². The first-order valence-electron chi connectivity index (χ1n) is 3.67. The second kappa shape index (κ2) is 1.72. The van der Waals surface area contributed by atoms with Crippen molar-refractivity contribution >= 4 is 5.84 Å². The second-order valence-corrected chi connectivity index (χ2v) is 2.79. The Hall–Kier alpha value is -0.530. The third-order valence-electron chi connectivity index (χ3n) is 2.26. The van der Waals surface area contributed by atoms with Crippen LogP contribution in [0.2, 0.25) is 0 Å². The Bertz CT molecular complexity index is 137. The van der Waals surface area contributed by atoms with E-state index in [-0.39, 0.29) is 0 Å². The van der Waals surface area contributed by atoms with Gasteiger partial charge in [0.15, 0.2) is 0 Å². The monoisotopic (exact) mass is 124 g/mol. The van der Waals surface area contributed by atoms with Gasteiger partial charge in [-0.25, -0.2) is 0 Å². The molecule has 0 aliphatic carbocycles. The van der Waals surface area contributed by atoms with Crippen molar-refractivity contribution in [2.24, 2.45) is 4.99 Å².